The van der Waals surface area contributed by atoms with Crippen LogP contribution in [0.1, 0.15) is 11.8 Å². The number of H-pyrrole nitrogens is 1. The highest BCUT2D eigenvalue weighted by atomic mass is 35.5. The van der Waals surface area contributed by atoms with E-state index in [0.29, 0.717) is 15.9 Å². The van der Waals surface area contributed by atoms with Gasteiger partial charge in [0.1, 0.15) is 16.9 Å². The van der Waals surface area contributed by atoms with Gasteiger partial charge in [-0.1, -0.05) is 29.8 Å². The summed E-state index contributed by atoms with van der Waals surface area (Å²) in [4.78, 5) is 25.3. The number of benzene rings is 1. The first-order chi connectivity index (χ1) is 15.1. The Labute approximate surface area is 187 Å². The van der Waals surface area contributed by atoms with Gasteiger partial charge in [0.25, 0.3) is 12.0 Å². The number of hydrogen-bond acceptors (Lipinski definition) is 8. The van der Waals surface area contributed by atoms with Crippen LogP contribution in [0.2, 0.25) is 5.02 Å². The molecule has 9 nitrogen and oxygen atoms in total. The van der Waals surface area contributed by atoms with E-state index in [-0.39, 0.29) is 6.61 Å². The summed E-state index contributed by atoms with van der Waals surface area (Å²) in [6.45, 7) is -4.76. The van der Waals surface area contributed by atoms with Gasteiger partial charge in [-0.15, -0.1) is 0 Å². The smallest absolute Gasteiger partial charge is 0.381 e. The van der Waals surface area contributed by atoms with Gasteiger partial charge in [0.2, 0.25) is 0 Å². The molecule has 1 unspecified atom stereocenters. The molecular weight excluding hydrogens is 500 g/mol. The normalized spacial score (nSPS) is 32.0. The van der Waals surface area contributed by atoms with Crippen molar-refractivity contribution in [2.24, 2.45) is 0 Å². The minimum Gasteiger partial charge on any atom is -0.424 e. The number of hydrogen-bond donors (Lipinski definition) is 2. The van der Waals surface area contributed by atoms with Crippen molar-refractivity contribution in [3.63, 3.8) is 0 Å². The topological polar surface area (TPSA) is 112 Å². The van der Waals surface area contributed by atoms with Crippen molar-refractivity contribution >= 4 is 30.1 Å². The fourth-order valence-corrected chi connectivity index (χ4v) is 5.23. The lowest BCUT2D eigenvalue weighted by molar-refractivity contribution is -0.183. The van der Waals surface area contributed by atoms with Crippen LogP contribution in [0.3, 0.4) is 0 Å². The van der Waals surface area contributed by atoms with Crippen molar-refractivity contribution < 1.29 is 36.6 Å². The zero-order valence-corrected chi connectivity index (χ0v) is 18.3. The molecule has 1 fully saturated rings. The summed E-state index contributed by atoms with van der Waals surface area (Å²) in [5, 5.41) is 9.75. The molecule has 32 heavy (non-hydrogen) atoms. The summed E-state index contributed by atoms with van der Waals surface area (Å²) >= 11 is 10.8. The van der Waals surface area contributed by atoms with E-state index in [1.54, 1.807) is 24.3 Å². The van der Waals surface area contributed by atoms with Crippen molar-refractivity contribution in [1.82, 2.24) is 9.55 Å². The molecule has 2 aromatic rings. The Morgan fingerprint density at radius 2 is 2.12 bits per heavy atom. The van der Waals surface area contributed by atoms with Crippen molar-refractivity contribution in [3.8, 4) is 5.75 Å². The Morgan fingerprint density at radius 3 is 2.84 bits per heavy atom. The minimum absolute atomic E-state index is 0.00837. The zero-order valence-electron chi connectivity index (χ0n) is 15.8. The number of para-hydroxylation sites is 1. The highest BCUT2D eigenvalue weighted by Crippen LogP contribution is 2.56. The fraction of sp³-hybridized carbons (Fsp3) is 0.412. The van der Waals surface area contributed by atoms with Gasteiger partial charge < -0.3 is 14.4 Å². The average molecular weight is 515 g/mol. The number of nitrogens with zero attached hydrogens (tertiary/aromatic N) is 1. The van der Waals surface area contributed by atoms with Gasteiger partial charge in [-0.05, 0) is 6.07 Å². The maximum Gasteiger partial charge on any atom is 0.381 e. The number of ether oxygens (including phenoxy) is 1. The summed E-state index contributed by atoms with van der Waals surface area (Å²) < 4.78 is 64.9. The third-order valence-corrected chi connectivity index (χ3v) is 7.41. The number of alkyl halides is 3. The second kappa shape index (κ2) is 8.56. The quantitative estimate of drug-likeness (QED) is 0.585. The number of aromatic amines is 1. The number of halogens is 4. The molecule has 4 rings (SSSR count). The van der Waals surface area contributed by atoms with Crippen molar-refractivity contribution in [3.05, 3.63) is 61.9 Å². The van der Waals surface area contributed by atoms with Gasteiger partial charge in [-0.2, -0.15) is 0 Å². The number of aliphatic hydroxyl groups excluding tert-OH is 1. The van der Waals surface area contributed by atoms with Crippen LogP contribution in [0.25, 0.3) is 0 Å². The SMILES string of the molecule is O=c1[nH]c(=O)n([C@@H]2O[C@@](COP3(=S)OCc4ccccc4O3)(C(F)F)[C@H](F)[C@H]2O)cc1Cl. The van der Waals surface area contributed by atoms with Gasteiger partial charge in [0.05, 0.1) is 13.2 Å². The Kier molecular flexibility index (Phi) is 6.27. The number of nitrogens with one attached hydrogen (secondary N) is 1. The van der Waals surface area contributed by atoms with Gasteiger partial charge in [-0.3, -0.25) is 23.4 Å². The molecule has 2 aliphatic rings. The molecule has 2 aliphatic heterocycles. The van der Waals surface area contributed by atoms with Crippen LogP contribution in [-0.4, -0.2) is 45.6 Å². The Hall–Kier alpha value is -1.73. The van der Waals surface area contributed by atoms with E-state index in [0.717, 1.165) is 6.20 Å². The Balaban J connectivity index is 1.60. The predicted octanol–water partition coefficient (Wildman–Crippen LogP) is 2.27. The third-order valence-electron chi connectivity index (χ3n) is 4.98. The molecule has 1 saturated heterocycles. The Bertz CT molecular complexity index is 1200. The Morgan fingerprint density at radius 1 is 1.41 bits per heavy atom. The molecule has 2 N–H and O–H groups in total. The molecule has 174 valence electrons. The molecule has 1 aromatic heterocycles. The van der Waals surface area contributed by atoms with Crippen LogP contribution in [-0.2, 0) is 32.2 Å². The van der Waals surface area contributed by atoms with Crippen LogP contribution in [0.5, 0.6) is 5.75 Å². The van der Waals surface area contributed by atoms with Gasteiger partial charge in [0, 0.05) is 23.6 Å². The van der Waals surface area contributed by atoms with E-state index in [2.05, 4.69) is 0 Å². The molecule has 5 atom stereocenters. The molecular formula is C17H15ClF3N2O7PS. The first-order valence-electron chi connectivity index (χ1n) is 9.02. The summed E-state index contributed by atoms with van der Waals surface area (Å²) in [7, 11) is 0. The third kappa shape index (κ3) is 4.03. The second-order valence-corrected chi connectivity index (χ2v) is 10.3. The second-order valence-electron chi connectivity index (χ2n) is 6.99. The predicted molar refractivity (Wildman–Crippen MR) is 108 cm³/mol. The fourth-order valence-electron chi connectivity index (χ4n) is 3.26. The number of aromatic nitrogens is 2. The van der Waals surface area contributed by atoms with Crippen LogP contribution < -0.4 is 15.8 Å². The zero-order chi connectivity index (χ0) is 23.3. The van der Waals surface area contributed by atoms with E-state index in [1.165, 1.54) is 0 Å². The number of rotatable bonds is 5. The summed E-state index contributed by atoms with van der Waals surface area (Å²) in [5.41, 5.74) is -4.46. The molecule has 0 spiro atoms. The van der Waals surface area contributed by atoms with E-state index < -0.39 is 60.1 Å². The summed E-state index contributed by atoms with van der Waals surface area (Å²) in [5.74, 6) is 0.338. The molecule has 0 saturated carbocycles. The van der Waals surface area contributed by atoms with Gasteiger partial charge in [0.15, 0.2) is 18.0 Å². The molecule has 0 amide bonds. The highest BCUT2D eigenvalue weighted by molar-refractivity contribution is 8.07. The lowest BCUT2D eigenvalue weighted by Gasteiger charge is -2.33. The molecule has 0 radical (unpaired) electrons. The molecule has 3 heterocycles. The van der Waals surface area contributed by atoms with E-state index in [1.807, 2.05) is 4.98 Å². The number of fused-ring (bicyclic) bond motifs is 1. The number of aliphatic hydroxyl groups is 1. The highest BCUT2D eigenvalue weighted by Gasteiger charge is 2.62. The van der Waals surface area contributed by atoms with Crippen molar-refractivity contribution in [2.75, 3.05) is 6.61 Å². The molecule has 1 aromatic carbocycles. The largest absolute Gasteiger partial charge is 0.424 e. The van der Waals surface area contributed by atoms with E-state index in [9.17, 15) is 27.9 Å². The van der Waals surface area contributed by atoms with Gasteiger partial charge >= 0.3 is 12.4 Å². The van der Waals surface area contributed by atoms with E-state index in [4.69, 9.17) is 41.7 Å². The first-order valence-corrected chi connectivity index (χ1v) is 12.0. The van der Waals surface area contributed by atoms with Crippen LogP contribution in [0, 0.1) is 0 Å². The van der Waals surface area contributed by atoms with Crippen molar-refractivity contribution in [1.29, 1.82) is 0 Å². The molecule has 15 heteroatoms. The maximum absolute atomic E-state index is 15.0. The monoisotopic (exact) mass is 514 g/mol. The van der Waals surface area contributed by atoms with E-state index >= 15 is 0 Å². The maximum atomic E-state index is 15.0. The van der Waals surface area contributed by atoms with Crippen molar-refractivity contribution in [2.45, 2.75) is 37.1 Å². The first kappa shape index (κ1) is 23.4. The average Bonchev–Trinajstić information content (AvgIpc) is 3.01. The van der Waals surface area contributed by atoms with Crippen LogP contribution in [0.4, 0.5) is 13.2 Å². The lowest BCUT2D eigenvalue weighted by atomic mass is 9.98. The molecule has 0 bridgehead atoms. The summed E-state index contributed by atoms with van der Waals surface area (Å²) in [6, 6.07) is 6.69. The lowest BCUT2D eigenvalue weighted by Crippen LogP contribution is -2.50. The molecule has 0 aliphatic carbocycles. The summed E-state index contributed by atoms with van der Waals surface area (Å²) in [6.07, 6.45) is -9.62. The van der Waals surface area contributed by atoms with Gasteiger partial charge in [-0.25, -0.2) is 18.0 Å². The standard InChI is InChI=1S/C17H15ClF3N2O7PS/c18-9-5-23(16(26)22-13(9)25)14-11(24)12(19)17(29-14,15(20)21)7-28-31(32)27-6-8-3-1-2-4-10(8)30-31/h1-5,11-12,14-15,24H,6-7H2,(H,22,25,26)/t11-,12-,14-,17-,31?/m1/s1. The minimum atomic E-state index is -3.61. The van der Waals surface area contributed by atoms with Crippen LogP contribution in [0.15, 0.2) is 40.1 Å². The van der Waals surface area contributed by atoms with Crippen LogP contribution >= 0.6 is 18.3 Å².